The molecule has 0 aromatic carbocycles. The van der Waals surface area contributed by atoms with Crippen molar-refractivity contribution in [1.29, 1.82) is 0 Å². The van der Waals surface area contributed by atoms with Gasteiger partial charge in [-0.25, -0.2) is 4.57 Å². The van der Waals surface area contributed by atoms with E-state index < -0.39 is 0 Å². The molecule has 1 aromatic heterocycles. The van der Waals surface area contributed by atoms with Crippen LogP contribution in [0.25, 0.3) is 0 Å². The maximum absolute atomic E-state index is 2.42. The molecule has 1 rings (SSSR count). The molecule has 1 nitrogen and oxygen atoms in total. The molecule has 0 saturated heterocycles. The number of hydrogen-bond donors (Lipinski definition) is 0. The van der Waals surface area contributed by atoms with Crippen LogP contribution in [0.15, 0.2) is 24.4 Å². The van der Waals surface area contributed by atoms with E-state index in [-0.39, 0.29) is 12.4 Å². The summed E-state index contributed by atoms with van der Waals surface area (Å²) in [7, 11) is 0. The monoisotopic (exact) mass is 241 g/mol. The van der Waals surface area contributed by atoms with Gasteiger partial charge in [0.25, 0.3) is 0 Å². The molecule has 16 heavy (non-hydrogen) atoms. The van der Waals surface area contributed by atoms with Crippen LogP contribution in [0.5, 0.6) is 0 Å². The van der Waals surface area contributed by atoms with Gasteiger partial charge in [0.1, 0.15) is 6.54 Å². The molecule has 0 atom stereocenters. The second kappa shape index (κ2) is 9.65. The van der Waals surface area contributed by atoms with Gasteiger partial charge in [-0.3, -0.25) is 0 Å². The lowest BCUT2D eigenvalue weighted by Crippen LogP contribution is -3.00. The molecule has 0 aliphatic heterocycles. The first-order valence-electron chi connectivity index (χ1n) is 6.35. The molecule has 0 N–H and O–H groups in total. The van der Waals surface area contributed by atoms with E-state index in [9.17, 15) is 0 Å². The third-order valence-electron chi connectivity index (χ3n) is 2.82. The lowest BCUT2D eigenvalue weighted by atomic mass is 10.1. The van der Waals surface area contributed by atoms with Crippen molar-refractivity contribution in [2.45, 2.75) is 58.9 Å². The van der Waals surface area contributed by atoms with Crippen LogP contribution >= 0.6 is 0 Å². The first kappa shape index (κ1) is 15.4. The fourth-order valence-electron chi connectivity index (χ4n) is 1.85. The summed E-state index contributed by atoms with van der Waals surface area (Å²) in [4.78, 5) is 0. The molecule has 0 spiro atoms. The zero-order valence-corrected chi connectivity index (χ0v) is 11.3. The average molecular weight is 242 g/mol. The van der Waals surface area contributed by atoms with Crippen molar-refractivity contribution in [3.63, 3.8) is 0 Å². The van der Waals surface area contributed by atoms with Gasteiger partial charge in [-0.05, 0) is 12.8 Å². The van der Waals surface area contributed by atoms with Crippen molar-refractivity contribution in [3.05, 3.63) is 30.1 Å². The number of aryl methyl sites for hydroxylation is 2. The number of aromatic nitrogens is 1. The molecule has 0 fully saturated rings. The normalized spacial score (nSPS) is 9.88. The number of halogens is 1. The van der Waals surface area contributed by atoms with E-state index in [0.717, 1.165) is 0 Å². The van der Waals surface area contributed by atoms with Gasteiger partial charge >= 0.3 is 0 Å². The van der Waals surface area contributed by atoms with E-state index in [2.05, 4.69) is 42.8 Å². The van der Waals surface area contributed by atoms with Crippen LogP contribution in [0.1, 0.15) is 51.6 Å². The molecular formula is C14H24ClN. The lowest BCUT2D eigenvalue weighted by molar-refractivity contribution is -0.704. The van der Waals surface area contributed by atoms with Crippen LogP contribution in [-0.2, 0) is 13.0 Å². The predicted octanol–water partition coefficient (Wildman–Crippen LogP) is 0.511. The summed E-state index contributed by atoms with van der Waals surface area (Å²) in [5.74, 6) is 0. The second-order valence-electron chi connectivity index (χ2n) is 4.20. The van der Waals surface area contributed by atoms with Gasteiger partial charge < -0.3 is 12.4 Å². The smallest absolute Gasteiger partial charge is 0.181 e. The minimum absolute atomic E-state index is 0. The standard InChI is InChI=1S/C14H24N.ClH/c1-3-5-8-12-15-13-9-7-11-14(15)10-6-4-2;/h7,9,11,13H,3-6,8,10,12H2,1-2H3;1H/q+1;/p-1. The van der Waals surface area contributed by atoms with Crippen molar-refractivity contribution in [2.75, 3.05) is 0 Å². The maximum atomic E-state index is 2.42. The Hall–Kier alpha value is -0.560. The van der Waals surface area contributed by atoms with E-state index in [1.54, 1.807) is 0 Å². The van der Waals surface area contributed by atoms with Crippen LogP contribution in [-0.4, -0.2) is 0 Å². The lowest BCUT2D eigenvalue weighted by Gasteiger charge is -2.02. The highest BCUT2D eigenvalue weighted by atomic mass is 35.5. The molecule has 2 heteroatoms. The Morgan fingerprint density at radius 3 is 2.44 bits per heavy atom. The van der Waals surface area contributed by atoms with E-state index in [4.69, 9.17) is 0 Å². The quantitative estimate of drug-likeness (QED) is 0.484. The summed E-state index contributed by atoms with van der Waals surface area (Å²) in [5, 5.41) is 0. The van der Waals surface area contributed by atoms with E-state index in [1.807, 2.05) is 0 Å². The molecule has 0 saturated carbocycles. The Morgan fingerprint density at radius 1 is 1.00 bits per heavy atom. The Kier molecular flexibility index (Phi) is 9.31. The van der Waals surface area contributed by atoms with Crippen molar-refractivity contribution in [3.8, 4) is 0 Å². The Bertz CT molecular complexity index is 273. The first-order chi connectivity index (χ1) is 7.38. The molecule has 0 aliphatic rings. The van der Waals surface area contributed by atoms with Gasteiger partial charge in [0.05, 0.1) is 0 Å². The van der Waals surface area contributed by atoms with Crippen molar-refractivity contribution in [2.24, 2.45) is 0 Å². The van der Waals surface area contributed by atoms with Gasteiger partial charge in [-0.2, -0.15) is 0 Å². The topological polar surface area (TPSA) is 3.88 Å². The molecule has 92 valence electrons. The van der Waals surface area contributed by atoms with Crippen LogP contribution in [0.3, 0.4) is 0 Å². The van der Waals surface area contributed by atoms with Gasteiger partial charge in [0.2, 0.25) is 0 Å². The van der Waals surface area contributed by atoms with Crippen molar-refractivity contribution in [1.82, 2.24) is 0 Å². The number of pyridine rings is 1. The SMILES string of the molecule is CCCCC[n+]1ccccc1CCCC.[Cl-]. The zero-order valence-electron chi connectivity index (χ0n) is 10.6. The molecular weight excluding hydrogens is 218 g/mol. The highest BCUT2D eigenvalue weighted by Crippen LogP contribution is 2.01. The van der Waals surface area contributed by atoms with Crippen molar-refractivity contribution < 1.29 is 17.0 Å². The Labute approximate surface area is 106 Å². The van der Waals surface area contributed by atoms with Crippen LogP contribution in [0.2, 0.25) is 0 Å². The molecule has 0 unspecified atom stereocenters. The maximum Gasteiger partial charge on any atom is 0.181 e. The average Bonchev–Trinajstić information content (AvgIpc) is 2.28. The van der Waals surface area contributed by atoms with E-state index in [0.29, 0.717) is 0 Å². The zero-order chi connectivity index (χ0) is 10.9. The Morgan fingerprint density at radius 2 is 1.75 bits per heavy atom. The molecule has 0 bridgehead atoms. The van der Waals surface area contributed by atoms with Crippen LogP contribution in [0, 0.1) is 0 Å². The third kappa shape index (κ3) is 5.50. The van der Waals surface area contributed by atoms with Gasteiger partial charge in [-0.1, -0.05) is 32.8 Å². The molecule has 1 heterocycles. The summed E-state index contributed by atoms with van der Waals surface area (Å²) >= 11 is 0. The van der Waals surface area contributed by atoms with Crippen LogP contribution in [0.4, 0.5) is 0 Å². The van der Waals surface area contributed by atoms with Gasteiger partial charge in [0.15, 0.2) is 11.9 Å². The highest BCUT2D eigenvalue weighted by molar-refractivity contribution is 4.97. The summed E-state index contributed by atoms with van der Waals surface area (Å²) in [6.07, 6.45) is 9.99. The second-order valence-corrected chi connectivity index (χ2v) is 4.20. The Balaban J connectivity index is 0.00000225. The largest absolute Gasteiger partial charge is 1.00 e. The van der Waals surface area contributed by atoms with Gasteiger partial charge in [0, 0.05) is 25.0 Å². The number of unbranched alkanes of at least 4 members (excludes halogenated alkanes) is 3. The predicted molar refractivity (Wildman–Crippen MR) is 64.8 cm³/mol. The van der Waals surface area contributed by atoms with Crippen molar-refractivity contribution >= 4 is 0 Å². The number of hydrogen-bond acceptors (Lipinski definition) is 0. The van der Waals surface area contributed by atoms with E-state index in [1.165, 1.54) is 50.8 Å². The first-order valence-corrected chi connectivity index (χ1v) is 6.35. The molecule has 0 radical (unpaired) electrons. The summed E-state index contributed by atoms with van der Waals surface area (Å²) in [6.45, 7) is 5.70. The highest BCUT2D eigenvalue weighted by Gasteiger charge is 2.07. The minimum atomic E-state index is 0. The number of nitrogens with zero attached hydrogens (tertiary/aromatic N) is 1. The fraction of sp³-hybridized carbons (Fsp3) is 0.643. The van der Waals surface area contributed by atoms with Gasteiger partial charge in [-0.15, -0.1) is 0 Å². The summed E-state index contributed by atoms with van der Waals surface area (Å²) in [6, 6.07) is 6.56. The van der Waals surface area contributed by atoms with E-state index >= 15 is 0 Å². The third-order valence-corrected chi connectivity index (χ3v) is 2.82. The molecule has 1 aromatic rings. The summed E-state index contributed by atoms with van der Waals surface area (Å²) in [5.41, 5.74) is 1.50. The minimum Gasteiger partial charge on any atom is -1.00 e. The summed E-state index contributed by atoms with van der Waals surface area (Å²) < 4.78 is 2.42. The number of rotatable bonds is 7. The van der Waals surface area contributed by atoms with Crippen LogP contribution < -0.4 is 17.0 Å². The molecule has 0 aliphatic carbocycles. The molecule has 0 amide bonds. The fourth-order valence-corrected chi connectivity index (χ4v) is 1.85.